The SMILES string of the molecule is O=C(NO)c1ccc(-c2cn(CC3CCCC3)nn2)cc1. The van der Waals surface area contributed by atoms with Crippen molar-refractivity contribution in [2.45, 2.75) is 32.2 Å². The fourth-order valence-electron chi connectivity index (χ4n) is 2.83. The summed E-state index contributed by atoms with van der Waals surface area (Å²) >= 11 is 0. The second kappa shape index (κ2) is 6.05. The van der Waals surface area contributed by atoms with Gasteiger partial charge in [0.05, 0.1) is 6.20 Å². The summed E-state index contributed by atoms with van der Waals surface area (Å²) in [6.45, 7) is 0.929. The van der Waals surface area contributed by atoms with Gasteiger partial charge < -0.3 is 0 Å². The highest BCUT2D eigenvalue weighted by atomic mass is 16.5. The van der Waals surface area contributed by atoms with Crippen LogP contribution in [-0.4, -0.2) is 26.1 Å². The van der Waals surface area contributed by atoms with Crippen molar-refractivity contribution in [3.05, 3.63) is 36.0 Å². The molecular formula is C15H18N4O2. The average molecular weight is 286 g/mol. The van der Waals surface area contributed by atoms with Crippen molar-refractivity contribution in [3.63, 3.8) is 0 Å². The summed E-state index contributed by atoms with van der Waals surface area (Å²) in [4.78, 5) is 11.3. The Morgan fingerprint density at radius 3 is 2.67 bits per heavy atom. The lowest BCUT2D eigenvalue weighted by Crippen LogP contribution is -2.18. The van der Waals surface area contributed by atoms with E-state index < -0.39 is 5.91 Å². The van der Waals surface area contributed by atoms with E-state index in [0.717, 1.165) is 23.7 Å². The Bertz CT molecular complexity index is 615. The van der Waals surface area contributed by atoms with Gasteiger partial charge in [-0.05, 0) is 30.9 Å². The second-order valence-corrected chi connectivity index (χ2v) is 5.49. The molecule has 0 atom stereocenters. The molecule has 0 bridgehead atoms. The highest BCUT2D eigenvalue weighted by molar-refractivity contribution is 5.93. The molecule has 1 saturated carbocycles. The van der Waals surface area contributed by atoms with Crippen LogP contribution in [0.2, 0.25) is 0 Å². The first-order valence-corrected chi connectivity index (χ1v) is 7.21. The number of rotatable bonds is 4. The Morgan fingerprint density at radius 1 is 1.29 bits per heavy atom. The van der Waals surface area contributed by atoms with Gasteiger partial charge in [0.25, 0.3) is 5.91 Å². The van der Waals surface area contributed by atoms with Crippen LogP contribution < -0.4 is 5.48 Å². The molecule has 1 aliphatic rings. The molecule has 2 aromatic rings. The van der Waals surface area contributed by atoms with Crippen molar-refractivity contribution in [3.8, 4) is 11.3 Å². The molecule has 1 fully saturated rings. The van der Waals surface area contributed by atoms with Gasteiger partial charge in [0, 0.05) is 17.7 Å². The van der Waals surface area contributed by atoms with E-state index in [0.29, 0.717) is 5.56 Å². The van der Waals surface area contributed by atoms with E-state index in [4.69, 9.17) is 5.21 Å². The summed E-state index contributed by atoms with van der Waals surface area (Å²) < 4.78 is 1.90. The average Bonchev–Trinajstić information content (AvgIpc) is 3.19. The summed E-state index contributed by atoms with van der Waals surface area (Å²) in [5.41, 5.74) is 3.72. The van der Waals surface area contributed by atoms with Crippen molar-refractivity contribution in [2.24, 2.45) is 5.92 Å². The van der Waals surface area contributed by atoms with Crippen LogP contribution in [-0.2, 0) is 6.54 Å². The van der Waals surface area contributed by atoms with E-state index >= 15 is 0 Å². The molecule has 0 saturated heterocycles. The van der Waals surface area contributed by atoms with Gasteiger partial charge in [-0.3, -0.25) is 14.7 Å². The normalized spacial score (nSPS) is 15.3. The van der Waals surface area contributed by atoms with Crippen LogP contribution in [0.3, 0.4) is 0 Å². The molecule has 0 radical (unpaired) electrons. The van der Waals surface area contributed by atoms with Crippen molar-refractivity contribution in [1.82, 2.24) is 20.5 Å². The van der Waals surface area contributed by atoms with E-state index in [1.807, 2.05) is 10.9 Å². The molecule has 1 heterocycles. The lowest BCUT2D eigenvalue weighted by molar-refractivity contribution is 0.0706. The van der Waals surface area contributed by atoms with Crippen molar-refractivity contribution >= 4 is 5.91 Å². The number of nitrogens with zero attached hydrogens (tertiary/aromatic N) is 3. The molecule has 0 aliphatic heterocycles. The van der Waals surface area contributed by atoms with Crippen molar-refractivity contribution in [2.75, 3.05) is 0 Å². The zero-order valence-corrected chi connectivity index (χ0v) is 11.7. The number of carbonyl (C=O) groups excluding carboxylic acids is 1. The first kappa shape index (κ1) is 13.8. The number of benzene rings is 1. The number of nitrogens with one attached hydrogen (secondary N) is 1. The Morgan fingerprint density at radius 2 is 2.00 bits per heavy atom. The van der Waals surface area contributed by atoms with Gasteiger partial charge in [-0.15, -0.1) is 5.10 Å². The van der Waals surface area contributed by atoms with Crippen molar-refractivity contribution in [1.29, 1.82) is 0 Å². The number of hydrogen-bond acceptors (Lipinski definition) is 4. The Balaban J connectivity index is 1.71. The largest absolute Gasteiger partial charge is 0.288 e. The number of hydrogen-bond donors (Lipinski definition) is 2. The van der Waals surface area contributed by atoms with E-state index in [2.05, 4.69) is 10.3 Å². The predicted octanol–water partition coefficient (Wildman–Crippen LogP) is 2.25. The quantitative estimate of drug-likeness (QED) is 0.667. The molecule has 1 amide bonds. The Labute approximate surface area is 122 Å². The van der Waals surface area contributed by atoms with E-state index in [1.54, 1.807) is 29.7 Å². The summed E-state index contributed by atoms with van der Waals surface area (Å²) in [6, 6.07) is 6.90. The second-order valence-electron chi connectivity index (χ2n) is 5.49. The molecule has 0 unspecified atom stereocenters. The van der Waals surface area contributed by atoms with Gasteiger partial charge in [0.1, 0.15) is 5.69 Å². The molecule has 0 spiro atoms. The maximum absolute atomic E-state index is 11.3. The van der Waals surface area contributed by atoms with Crippen LogP contribution in [0.25, 0.3) is 11.3 Å². The molecule has 110 valence electrons. The minimum Gasteiger partial charge on any atom is -0.288 e. The van der Waals surface area contributed by atoms with E-state index in [-0.39, 0.29) is 0 Å². The molecule has 6 nitrogen and oxygen atoms in total. The fraction of sp³-hybridized carbons (Fsp3) is 0.400. The maximum Gasteiger partial charge on any atom is 0.274 e. The summed E-state index contributed by atoms with van der Waals surface area (Å²) in [5, 5.41) is 17.0. The first-order valence-electron chi connectivity index (χ1n) is 7.21. The van der Waals surface area contributed by atoms with Crippen LogP contribution in [0.4, 0.5) is 0 Å². The van der Waals surface area contributed by atoms with E-state index in [1.165, 1.54) is 25.7 Å². The Kier molecular flexibility index (Phi) is 3.96. The maximum atomic E-state index is 11.3. The van der Waals surface area contributed by atoms with Crippen LogP contribution in [0.1, 0.15) is 36.0 Å². The lowest BCUT2D eigenvalue weighted by atomic mass is 10.1. The van der Waals surface area contributed by atoms with Gasteiger partial charge >= 0.3 is 0 Å². The standard InChI is InChI=1S/C15H18N4O2/c20-15(17-21)13-7-5-12(6-8-13)14-10-19(18-16-14)9-11-3-1-2-4-11/h5-8,10-11,21H,1-4,9H2,(H,17,20). The third-order valence-electron chi connectivity index (χ3n) is 4.00. The van der Waals surface area contributed by atoms with Gasteiger partial charge in [0.2, 0.25) is 0 Å². The van der Waals surface area contributed by atoms with Crippen LogP contribution >= 0.6 is 0 Å². The van der Waals surface area contributed by atoms with Gasteiger partial charge in [-0.25, -0.2) is 5.48 Å². The molecule has 3 rings (SSSR count). The highest BCUT2D eigenvalue weighted by Gasteiger charge is 2.16. The smallest absolute Gasteiger partial charge is 0.274 e. The summed E-state index contributed by atoms with van der Waals surface area (Å²) in [5.74, 6) is 0.196. The number of amides is 1. The highest BCUT2D eigenvalue weighted by Crippen LogP contribution is 2.26. The zero-order chi connectivity index (χ0) is 14.7. The molecule has 2 N–H and O–H groups in total. The third kappa shape index (κ3) is 3.11. The molecule has 21 heavy (non-hydrogen) atoms. The third-order valence-corrected chi connectivity index (χ3v) is 4.00. The number of aromatic nitrogens is 3. The summed E-state index contributed by atoms with van der Waals surface area (Å²) in [7, 11) is 0. The van der Waals surface area contributed by atoms with Crippen LogP contribution in [0, 0.1) is 5.92 Å². The molecular weight excluding hydrogens is 268 g/mol. The topological polar surface area (TPSA) is 80.0 Å². The molecule has 6 heteroatoms. The predicted molar refractivity (Wildman–Crippen MR) is 76.7 cm³/mol. The van der Waals surface area contributed by atoms with Gasteiger partial charge in [-0.2, -0.15) is 0 Å². The summed E-state index contributed by atoms with van der Waals surface area (Å²) in [6.07, 6.45) is 7.14. The first-order chi connectivity index (χ1) is 10.3. The van der Waals surface area contributed by atoms with Gasteiger partial charge in [-0.1, -0.05) is 30.2 Å². The zero-order valence-electron chi connectivity index (χ0n) is 11.7. The Hall–Kier alpha value is -2.21. The lowest BCUT2D eigenvalue weighted by Gasteiger charge is -2.06. The minimum atomic E-state index is -0.522. The molecule has 1 aromatic heterocycles. The van der Waals surface area contributed by atoms with Crippen LogP contribution in [0.5, 0.6) is 0 Å². The van der Waals surface area contributed by atoms with E-state index in [9.17, 15) is 4.79 Å². The monoisotopic (exact) mass is 286 g/mol. The van der Waals surface area contributed by atoms with Gasteiger partial charge in [0.15, 0.2) is 0 Å². The molecule has 1 aromatic carbocycles. The van der Waals surface area contributed by atoms with Crippen molar-refractivity contribution < 1.29 is 10.0 Å². The fourth-order valence-corrected chi connectivity index (χ4v) is 2.83. The van der Waals surface area contributed by atoms with Crippen LogP contribution in [0.15, 0.2) is 30.5 Å². The number of carbonyl (C=O) groups is 1. The molecule has 1 aliphatic carbocycles. The minimum absolute atomic E-state index is 0.402. The number of hydroxylamine groups is 1.